The van der Waals surface area contributed by atoms with Gasteiger partial charge in [0.1, 0.15) is 5.75 Å². The maximum Gasteiger partial charge on any atom is 0.313 e. The van der Waals surface area contributed by atoms with Crippen LogP contribution >= 0.6 is 0 Å². The van der Waals surface area contributed by atoms with Crippen LogP contribution in [0.5, 0.6) is 5.75 Å². The number of carbonyl (C=O) groups excluding carboxylic acids is 2. The summed E-state index contributed by atoms with van der Waals surface area (Å²) in [4.78, 5) is 26.9. The van der Waals surface area contributed by atoms with Crippen molar-refractivity contribution in [3.8, 4) is 5.75 Å². The Kier molecular flexibility index (Phi) is 7.21. The van der Waals surface area contributed by atoms with Crippen LogP contribution < -0.4 is 15.4 Å². The lowest BCUT2D eigenvalue weighted by atomic mass is 10.0. The molecule has 0 bridgehead atoms. The Balaban J connectivity index is 1.63. The molecule has 0 unspecified atom stereocenters. The maximum absolute atomic E-state index is 12.4. The first-order chi connectivity index (χ1) is 14.1. The van der Waals surface area contributed by atoms with Crippen molar-refractivity contribution in [3.05, 3.63) is 59.7 Å². The third-order valence-corrected chi connectivity index (χ3v) is 4.94. The Morgan fingerprint density at radius 2 is 1.83 bits per heavy atom. The second-order valence-electron chi connectivity index (χ2n) is 6.97. The number of ether oxygens (including phenoxy) is 2. The van der Waals surface area contributed by atoms with Crippen LogP contribution in [-0.4, -0.2) is 56.7 Å². The second-order valence-corrected chi connectivity index (χ2v) is 6.97. The van der Waals surface area contributed by atoms with Gasteiger partial charge in [-0.25, -0.2) is 0 Å². The molecule has 2 aromatic carbocycles. The third-order valence-electron chi connectivity index (χ3n) is 4.94. The molecular formula is C22H27N3O4. The van der Waals surface area contributed by atoms with Gasteiger partial charge in [-0.05, 0) is 24.6 Å². The SMILES string of the molecule is COc1cccc(NC(=O)C(=O)NC[C@H](c2ccc(C)cc2)N2CCOCC2)c1. The Bertz CT molecular complexity index is 832. The number of benzene rings is 2. The van der Waals surface area contributed by atoms with Gasteiger partial charge in [0.2, 0.25) is 0 Å². The van der Waals surface area contributed by atoms with E-state index in [0.717, 1.165) is 18.7 Å². The highest BCUT2D eigenvalue weighted by Gasteiger charge is 2.24. The number of carbonyl (C=O) groups is 2. The van der Waals surface area contributed by atoms with Crippen molar-refractivity contribution in [1.82, 2.24) is 10.2 Å². The molecule has 0 spiro atoms. The first kappa shape index (κ1) is 20.8. The Morgan fingerprint density at radius 1 is 1.10 bits per heavy atom. The molecule has 3 rings (SSSR count). The average molecular weight is 397 g/mol. The van der Waals surface area contributed by atoms with Crippen LogP contribution in [0.15, 0.2) is 48.5 Å². The highest BCUT2D eigenvalue weighted by atomic mass is 16.5. The first-order valence-electron chi connectivity index (χ1n) is 9.68. The van der Waals surface area contributed by atoms with E-state index in [1.54, 1.807) is 31.4 Å². The van der Waals surface area contributed by atoms with Gasteiger partial charge in [-0.2, -0.15) is 0 Å². The van der Waals surface area contributed by atoms with E-state index in [9.17, 15) is 9.59 Å². The second kappa shape index (κ2) is 10.0. The van der Waals surface area contributed by atoms with Crippen LogP contribution in [0.2, 0.25) is 0 Å². The van der Waals surface area contributed by atoms with E-state index in [2.05, 4.69) is 39.8 Å². The Hall–Kier alpha value is -2.90. The number of nitrogens with zero attached hydrogens (tertiary/aromatic N) is 1. The van der Waals surface area contributed by atoms with Gasteiger partial charge < -0.3 is 20.1 Å². The summed E-state index contributed by atoms with van der Waals surface area (Å²) in [5.74, 6) is -0.768. The highest BCUT2D eigenvalue weighted by Crippen LogP contribution is 2.22. The molecule has 154 valence electrons. The van der Waals surface area contributed by atoms with E-state index in [4.69, 9.17) is 9.47 Å². The summed E-state index contributed by atoms with van der Waals surface area (Å²) in [7, 11) is 1.55. The fraction of sp³-hybridized carbons (Fsp3) is 0.364. The largest absolute Gasteiger partial charge is 0.497 e. The monoisotopic (exact) mass is 397 g/mol. The topological polar surface area (TPSA) is 79.9 Å². The number of hydrogen-bond acceptors (Lipinski definition) is 5. The van der Waals surface area contributed by atoms with Gasteiger partial charge in [0.25, 0.3) is 0 Å². The van der Waals surface area contributed by atoms with Crippen LogP contribution in [0.3, 0.4) is 0 Å². The zero-order valence-electron chi connectivity index (χ0n) is 16.8. The minimum absolute atomic E-state index is 0.0203. The number of morpholine rings is 1. The molecule has 1 aliphatic rings. The molecule has 2 N–H and O–H groups in total. The molecule has 29 heavy (non-hydrogen) atoms. The van der Waals surface area contributed by atoms with Crippen LogP contribution in [0.25, 0.3) is 0 Å². The molecule has 7 nitrogen and oxygen atoms in total. The van der Waals surface area contributed by atoms with Crippen molar-refractivity contribution >= 4 is 17.5 Å². The lowest BCUT2D eigenvalue weighted by Crippen LogP contribution is -2.45. The van der Waals surface area contributed by atoms with Gasteiger partial charge in [0.15, 0.2) is 0 Å². The molecule has 7 heteroatoms. The molecular weight excluding hydrogens is 370 g/mol. The van der Waals surface area contributed by atoms with Crippen molar-refractivity contribution in [2.45, 2.75) is 13.0 Å². The minimum Gasteiger partial charge on any atom is -0.497 e. The van der Waals surface area contributed by atoms with Crippen LogP contribution in [-0.2, 0) is 14.3 Å². The summed E-state index contributed by atoms with van der Waals surface area (Å²) in [6.45, 7) is 5.26. The molecule has 0 saturated carbocycles. The summed E-state index contributed by atoms with van der Waals surface area (Å²) in [5.41, 5.74) is 2.79. The summed E-state index contributed by atoms with van der Waals surface area (Å²) in [6.07, 6.45) is 0. The zero-order valence-corrected chi connectivity index (χ0v) is 16.8. The van der Waals surface area contributed by atoms with Gasteiger partial charge in [-0.3, -0.25) is 14.5 Å². The van der Waals surface area contributed by atoms with E-state index in [-0.39, 0.29) is 6.04 Å². The molecule has 1 aliphatic heterocycles. The first-order valence-corrected chi connectivity index (χ1v) is 9.68. The van der Waals surface area contributed by atoms with Gasteiger partial charge >= 0.3 is 11.8 Å². The van der Waals surface area contributed by atoms with Gasteiger partial charge in [0.05, 0.1) is 26.4 Å². The fourth-order valence-electron chi connectivity index (χ4n) is 3.29. The summed E-state index contributed by atoms with van der Waals surface area (Å²) in [6, 6.07) is 15.1. The molecule has 1 fully saturated rings. The summed E-state index contributed by atoms with van der Waals surface area (Å²) < 4.78 is 10.6. The Morgan fingerprint density at radius 3 is 2.52 bits per heavy atom. The minimum atomic E-state index is -0.706. The van der Waals surface area contributed by atoms with Crippen molar-refractivity contribution in [2.75, 3.05) is 45.3 Å². The predicted octanol–water partition coefficient (Wildman–Crippen LogP) is 2.13. The quantitative estimate of drug-likeness (QED) is 0.730. The Labute approximate surface area is 171 Å². The molecule has 2 aromatic rings. The van der Waals surface area contributed by atoms with Gasteiger partial charge in [-0.1, -0.05) is 35.9 Å². The predicted molar refractivity (Wildman–Crippen MR) is 111 cm³/mol. The molecule has 2 amide bonds. The van der Waals surface area contributed by atoms with E-state index in [1.165, 1.54) is 5.56 Å². The normalized spacial score (nSPS) is 15.4. The number of methoxy groups -OCH3 is 1. The third kappa shape index (κ3) is 5.79. The number of amides is 2. The van der Waals surface area contributed by atoms with E-state index in [0.29, 0.717) is 31.2 Å². The molecule has 0 aliphatic carbocycles. The van der Waals surface area contributed by atoms with Crippen LogP contribution in [0.1, 0.15) is 17.2 Å². The lowest BCUT2D eigenvalue weighted by molar-refractivity contribution is -0.136. The standard InChI is InChI=1S/C22H27N3O4/c1-16-6-8-17(9-7-16)20(25-10-12-29-13-11-25)15-23-21(26)22(27)24-18-4-3-5-19(14-18)28-2/h3-9,14,20H,10-13,15H2,1-2H3,(H,23,26)(H,24,27)/t20-/m1/s1. The van der Waals surface area contributed by atoms with Crippen molar-refractivity contribution < 1.29 is 19.1 Å². The van der Waals surface area contributed by atoms with E-state index >= 15 is 0 Å². The molecule has 1 atom stereocenters. The number of rotatable bonds is 6. The number of hydrogen-bond donors (Lipinski definition) is 2. The fourth-order valence-corrected chi connectivity index (χ4v) is 3.29. The average Bonchev–Trinajstić information content (AvgIpc) is 2.75. The van der Waals surface area contributed by atoms with Gasteiger partial charge in [-0.15, -0.1) is 0 Å². The van der Waals surface area contributed by atoms with E-state index < -0.39 is 11.8 Å². The smallest absolute Gasteiger partial charge is 0.313 e. The van der Waals surface area contributed by atoms with E-state index in [1.807, 2.05) is 6.92 Å². The lowest BCUT2D eigenvalue weighted by Gasteiger charge is -2.35. The molecule has 0 aromatic heterocycles. The summed E-state index contributed by atoms with van der Waals surface area (Å²) >= 11 is 0. The molecule has 0 radical (unpaired) electrons. The maximum atomic E-state index is 12.4. The van der Waals surface area contributed by atoms with Gasteiger partial charge in [0, 0.05) is 31.4 Å². The zero-order chi connectivity index (χ0) is 20.6. The van der Waals surface area contributed by atoms with Crippen molar-refractivity contribution in [2.24, 2.45) is 0 Å². The summed E-state index contributed by atoms with van der Waals surface area (Å²) in [5, 5.41) is 5.38. The molecule has 1 saturated heterocycles. The number of anilines is 1. The number of aryl methyl sites for hydroxylation is 1. The van der Waals surface area contributed by atoms with Crippen molar-refractivity contribution in [1.29, 1.82) is 0 Å². The van der Waals surface area contributed by atoms with Crippen LogP contribution in [0, 0.1) is 6.92 Å². The molecule has 1 heterocycles. The van der Waals surface area contributed by atoms with Crippen LogP contribution in [0.4, 0.5) is 5.69 Å². The van der Waals surface area contributed by atoms with Crippen molar-refractivity contribution in [3.63, 3.8) is 0 Å². The number of nitrogens with one attached hydrogen (secondary N) is 2. The highest BCUT2D eigenvalue weighted by molar-refractivity contribution is 6.39.